The maximum Gasteiger partial charge on any atom is 0.145 e. The van der Waals surface area contributed by atoms with Crippen LogP contribution in [0.2, 0.25) is 0 Å². The third-order valence-corrected chi connectivity index (χ3v) is 2.39. The Hall–Kier alpha value is -1.18. The highest BCUT2D eigenvalue weighted by Crippen LogP contribution is 2.27. The minimum atomic E-state index is 0.664. The van der Waals surface area contributed by atoms with Crippen LogP contribution < -0.4 is 10.5 Å². The first-order chi connectivity index (χ1) is 7.00. The highest BCUT2D eigenvalue weighted by molar-refractivity contribution is 5.58. The van der Waals surface area contributed by atoms with Crippen LogP contribution in [0.4, 0.5) is 5.69 Å². The molecule has 0 heterocycles. The van der Waals surface area contributed by atoms with Gasteiger partial charge in [-0.2, -0.15) is 0 Å². The van der Waals surface area contributed by atoms with Gasteiger partial charge in [-0.3, -0.25) is 0 Å². The first-order valence-corrected chi connectivity index (χ1v) is 5.50. The van der Waals surface area contributed by atoms with Crippen LogP contribution in [0, 0.1) is 19.8 Å². The molecule has 0 aliphatic carbocycles. The molecule has 0 radical (unpaired) electrons. The van der Waals surface area contributed by atoms with E-state index in [2.05, 4.69) is 19.9 Å². The lowest BCUT2D eigenvalue weighted by molar-refractivity contribution is 0.289. The van der Waals surface area contributed by atoms with Crippen LogP contribution >= 0.6 is 0 Å². The van der Waals surface area contributed by atoms with Crippen molar-refractivity contribution < 1.29 is 4.74 Å². The lowest BCUT2D eigenvalue weighted by Crippen LogP contribution is -2.05. The first-order valence-electron chi connectivity index (χ1n) is 5.50. The molecular formula is C13H21NO. The number of nitrogens with two attached hydrogens (primary N) is 1. The minimum Gasteiger partial charge on any atom is -0.491 e. The summed E-state index contributed by atoms with van der Waals surface area (Å²) in [5, 5.41) is 0. The van der Waals surface area contributed by atoms with Gasteiger partial charge in [-0.25, -0.2) is 0 Å². The predicted molar refractivity (Wildman–Crippen MR) is 65.3 cm³/mol. The van der Waals surface area contributed by atoms with Crippen molar-refractivity contribution in [3.63, 3.8) is 0 Å². The van der Waals surface area contributed by atoms with E-state index in [-0.39, 0.29) is 0 Å². The molecule has 0 unspecified atom stereocenters. The molecule has 0 atom stereocenters. The third kappa shape index (κ3) is 3.46. The summed E-state index contributed by atoms with van der Waals surface area (Å²) < 4.78 is 5.71. The lowest BCUT2D eigenvalue weighted by Gasteiger charge is -2.13. The summed E-state index contributed by atoms with van der Waals surface area (Å²) in [6.07, 6.45) is 1.06. The molecule has 0 saturated heterocycles. The van der Waals surface area contributed by atoms with Crippen molar-refractivity contribution in [3.05, 3.63) is 23.3 Å². The Morgan fingerprint density at radius 2 is 1.93 bits per heavy atom. The molecule has 0 aromatic heterocycles. The van der Waals surface area contributed by atoms with Crippen LogP contribution in [0.15, 0.2) is 12.1 Å². The average Bonchev–Trinajstić information content (AvgIpc) is 2.08. The molecule has 0 saturated carbocycles. The van der Waals surface area contributed by atoms with Gasteiger partial charge < -0.3 is 10.5 Å². The maximum absolute atomic E-state index is 5.91. The number of rotatable bonds is 4. The van der Waals surface area contributed by atoms with Crippen molar-refractivity contribution in [2.45, 2.75) is 34.1 Å². The SMILES string of the molecule is Cc1cc(C)c(OCCC(C)C)c(N)c1. The van der Waals surface area contributed by atoms with E-state index in [9.17, 15) is 0 Å². The number of hydrogen-bond acceptors (Lipinski definition) is 2. The van der Waals surface area contributed by atoms with E-state index in [1.807, 2.05) is 19.9 Å². The summed E-state index contributed by atoms with van der Waals surface area (Å²) in [5.41, 5.74) is 8.96. The Morgan fingerprint density at radius 1 is 1.27 bits per heavy atom. The summed E-state index contributed by atoms with van der Waals surface area (Å²) in [7, 11) is 0. The van der Waals surface area contributed by atoms with E-state index < -0.39 is 0 Å². The van der Waals surface area contributed by atoms with Gasteiger partial charge in [0, 0.05) is 0 Å². The van der Waals surface area contributed by atoms with Gasteiger partial charge in [-0.05, 0) is 43.4 Å². The molecule has 0 aliphatic heterocycles. The zero-order valence-corrected chi connectivity index (χ0v) is 10.1. The van der Waals surface area contributed by atoms with Crippen molar-refractivity contribution in [2.75, 3.05) is 12.3 Å². The minimum absolute atomic E-state index is 0.664. The van der Waals surface area contributed by atoms with Gasteiger partial charge in [0.05, 0.1) is 12.3 Å². The molecule has 0 bridgehead atoms. The summed E-state index contributed by atoms with van der Waals surface area (Å²) in [5.74, 6) is 1.51. The van der Waals surface area contributed by atoms with Crippen molar-refractivity contribution in [2.24, 2.45) is 5.92 Å². The van der Waals surface area contributed by atoms with Gasteiger partial charge in [0.2, 0.25) is 0 Å². The molecule has 1 aromatic rings. The molecule has 0 aliphatic rings. The number of benzene rings is 1. The summed E-state index contributed by atoms with van der Waals surface area (Å²) in [6, 6.07) is 4.05. The number of anilines is 1. The fourth-order valence-corrected chi connectivity index (χ4v) is 1.58. The predicted octanol–water partition coefficient (Wildman–Crippen LogP) is 3.31. The molecule has 2 heteroatoms. The number of hydrogen-bond donors (Lipinski definition) is 1. The Balaban J connectivity index is 2.68. The van der Waals surface area contributed by atoms with Crippen LogP contribution in [0.5, 0.6) is 5.75 Å². The van der Waals surface area contributed by atoms with E-state index in [4.69, 9.17) is 10.5 Å². The summed E-state index contributed by atoms with van der Waals surface area (Å²) in [6.45, 7) is 9.20. The standard InChI is InChI=1S/C13H21NO/c1-9(2)5-6-15-13-11(4)7-10(3)8-12(13)14/h7-9H,5-6,14H2,1-4H3. The van der Waals surface area contributed by atoms with Crippen LogP contribution in [0.3, 0.4) is 0 Å². The largest absolute Gasteiger partial charge is 0.491 e. The highest BCUT2D eigenvalue weighted by Gasteiger charge is 2.05. The Kier molecular flexibility index (Phi) is 4.01. The topological polar surface area (TPSA) is 35.2 Å². The average molecular weight is 207 g/mol. The second-order valence-electron chi connectivity index (χ2n) is 4.53. The normalized spacial score (nSPS) is 10.7. The van der Waals surface area contributed by atoms with Crippen molar-refractivity contribution >= 4 is 5.69 Å². The van der Waals surface area contributed by atoms with Crippen molar-refractivity contribution in [1.29, 1.82) is 0 Å². The molecular weight excluding hydrogens is 186 g/mol. The van der Waals surface area contributed by atoms with Crippen molar-refractivity contribution in [1.82, 2.24) is 0 Å². The quantitative estimate of drug-likeness (QED) is 0.769. The van der Waals surface area contributed by atoms with Crippen molar-refractivity contribution in [3.8, 4) is 5.75 Å². The van der Waals surface area contributed by atoms with E-state index in [0.29, 0.717) is 5.92 Å². The fraction of sp³-hybridized carbons (Fsp3) is 0.538. The van der Waals surface area contributed by atoms with E-state index >= 15 is 0 Å². The molecule has 0 spiro atoms. The Labute approximate surface area is 92.4 Å². The Morgan fingerprint density at radius 3 is 2.47 bits per heavy atom. The molecule has 15 heavy (non-hydrogen) atoms. The lowest BCUT2D eigenvalue weighted by atomic mass is 10.1. The number of aryl methyl sites for hydroxylation is 2. The third-order valence-electron chi connectivity index (χ3n) is 2.39. The second kappa shape index (κ2) is 5.06. The monoisotopic (exact) mass is 207 g/mol. The number of nitrogen functional groups attached to an aromatic ring is 1. The molecule has 0 amide bonds. The van der Waals surface area contributed by atoms with E-state index in [0.717, 1.165) is 30.0 Å². The summed E-state index contributed by atoms with van der Waals surface area (Å²) in [4.78, 5) is 0. The van der Waals surface area contributed by atoms with Gasteiger partial charge in [-0.1, -0.05) is 19.9 Å². The molecule has 2 nitrogen and oxygen atoms in total. The van der Waals surface area contributed by atoms with Gasteiger partial charge in [0.1, 0.15) is 5.75 Å². The molecule has 1 aromatic carbocycles. The van der Waals surface area contributed by atoms with Crippen LogP contribution in [0.25, 0.3) is 0 Å². The fourth-order valence-electron chi connectivity index (χ4n) is 1.58. The zero-order chi connectivity index (χ0) is 11.4. The zero-order valence-electron chi connectivity index (χ0n) is 10.1. The van der Waals surface area contributed by atoms with Crippen LogP contribution in [0.1, 0.15) is 31.4 Å². The van der Waals surface area contributed by atoms with Gasteiger partial charge in [0.25, 0.3) is 0 Å². The van der Waals surface area contributed by atoms with Gasteiger partial charge in [0.15, 0.2) is 0 Å². The molecule has 0 fully saturated rings. The molecule has 2 N–H and O–H groups in total. The highest BCUT2D eigenvalue weighted by atomic mass is 16.5. The molecule has 84 valence electrons. The number of ether oxygens (including phenoxy) is 1. The van der Waals surface area contributed by atoms with Crippen LogP contribution in [-0.2, 0) is 0 Å². The van der Waals surface area contributed by atoms with Gasteiger partial charge >= 0.3 is 0 Å². The smallest absolute Gasteiger partial charge is 0.145 e. The maximum atomic E-state index is 5.91. The molecule has 1 rings (SSSR count). The van der Waals surface area contributed by atoms with E-state index in [1.54, 1.807) is 0 Å². The summed E-state index contributed by atoms with van der Waals surface area (Å²) >= 11 is 0. The van der Waals surface area contributed by atoms with Crippen LogP contribution in [-0.4, -0.2) is 6.61 Å². The van der Waals surface area contributed by atoms with Gasteiger partial charge in [-0.15, -0.1) is 0 Å². The Bertz CT molecular complexity index is 308. The first kappa shape index (κ1) is 11.9. The second-order valence-corrected chi connectivity index (χ2v) is 4.53. The van der Waals surface area contributed by atoms with E-state index in [1.165, 1.54) is 5.56 Å².